The molecule has 4 aromatic rings. The van der Waals surface area contributed by atoms with Gasteiger partial charge in [-0.15, -0.1) is 0 Å². The number of hydrogen-bond donors (Lipinski definition) is 0. The van der Waals surface area contributed by atoms with Crippen LogP contribution in [-0.4, -0.2) is 43.3 Å². The number of benzene rings is 3. The Bertz CT molecular complexity index is 1640. The maximum Gasteiger partial charge on any atom is 0.260 e. The smallest absolute Gasteiger partial charge is 0.260 e. The maximum absolute atomic E-state index is 13.8. The number of aromatic nitrogens is 1. The van der Waals surface area contributed by atoms with E-state index in [1.54, 1.807) is 4.90 Å². The Hall–Kier alpha value is -4.29. The number of amides is 1. The van der Waals surface area contributed by atoms with E-state index in [-0.39, 0.29) is 43.3 Å². The second-order valence-electron chi connectivity index (χ2n) is 8.65. The average molecular weight is 574 g/mol. The minimum absolute atomic E-state index is 0.00283. The summed E-state index contributed by atoms with van der Waals surface area (Å²) in [6, 6.07) is 24.8. The predicted molar refractivity (Wildman–Crippen MR) is 153 cm³/mol. The fourth-order valence-corrected chi connectivity index (χ4v) is 6.49. The van der Waals surface area contributed by atoms with Gasteiger partial charge in [0.2, 0.25) is 10.0 Å². The summed E-state index contributed by atoms with van der Waals surface area (Å²) in [6.45, 7) is 2.60. The summed E-state index contributed by atoms with van der Waals surface area (Å²) in [5, 5.41) is 18.3. The van der Waals surface area contributed by atoms with E-state index in [1.807, 2.05) is 67.6 Å². The number of fused-ring (bicyclic) bond motifs is 1. The van der Waals surface area contributed by atoms with E-state index in [2.05, 4.69) is 0 Å². The first kappa shape index (κ1) is 28.7. The molecule has 0 saturated carbocycles. The highest BCUT2D eigenvalue weighted by atomic mass is 32.2. The normalized spacial score (nSPS) is 11.2. The quantitative estimate of drug-likeness (QED) is 0.223. The molecule has 0 atom stereocenters. The van der Waals surface area contributed by atoms with Crippen LogP contribution in [0, 0.1) is 22.7 Å². The molecule has 0 aliphatic rings. The molecule has 11 heteroatoms. The van der Waals surface area contributed by atoms with Crippen molar-refractivity contribution in [2.24, 2.45) is 0 Å². The Balaban J connectivity index is 1.68. The highest BCUT2D eigenvalue weighted by Crippen LogP contribution is 2.35. The van der Waals surface area contributed by atoms with Gasteiger partial charge in [-0.25, -0.2) is 13.4 Å². The monoisotopic (exact) mass is 573 g/mol. The Morgan fingerprint density at radius 2 is 1.62 bits per heavy atom. The number of carbonyl (C=O) groups is 1. The van der Waals surface area contributed by atoms with Gasteiger partial charge in [0.15, 0.2) is 5.13 Å². The highest BCUT2D eigenvalue weighted by molar-refractivity contribution is 7.89. The van der Waals surface area contributed by atoms with Crippen molar-refractivity contribution in [1.82, 2.24) is 9.29 Å². The van der Waals surface area contributed by atoms with Crippen LogP contribution in [0.25, 0.3) is 10.2 Å². The van der Waals surface area contributed by atoms with Crippen molar-refractivity contribution in [3.63, 3.8) is 0 Å². The molecule has 0 radical (unpaired) electrons. The number of anilines is 1. The molecule has 40 heavy (non-hydrogen) atoms. The lowest BCUT2D eigenvalue weighted by Crippen LogP contribution is -2.33. The van der Waals surface area contributed by atoms with E-state index in [0.29, 0.717) is 28.6 Å². The van der Waals surface area contributed by atoms with Crippen LogP contribution < -0.4 is 9.64 Å². The van der Waals surface area contributed by atoms with Crippen molar-refractivity contribution < 1.29 is 17.9 Å². The molecule has 0 N–H and O–H groups in total. The molecule has 4 rings (SSSR count). The van der Waals surface area contributed by atoms with Gasteiger partial charge in [0.25, 0.3) is 5.91 Å². The zero-order valence-corrected chi connectivity index (χ0v) is 23.5. The topological polar surface area (TPSA) is 127 Å². The molecule has 0 saturated heterocycles. The van der Waals surface area contributed by atoms with E-state index in [9.17, 15) is 13.2 Å². The molecule has 0 aliphatic heterocycles. The standard InChI is InChI=1S/C29H27N5O4S2/c1-2-38-25-11-6-12-26-27(25)32-29(39-26)34(21-22-9-4-3-5-10-22)28(35)23-13-15-24(16-14-23)40(36,37)33(19-7-17-30)20-8-18-31/h3-6,9-16H,2,7-8,19-21H2,1H3. The van der Waals surface area contributed by atoms with Gasteiger partial charge in [0, 0.05) is 31.5 Å². The molecule has 3 aromatic carbocycles. The Kier molecular flexibility index (Phi) is 9.46. The number of nitriles is 2. The SMILES string of the molecule is CCOc1cccc2sc(N(Cc3ccccc3)C(=O)c3ccc(S(=O)(=O)N(CCC#N)CCC#N)cc3)nc12. The molecule has 1 amide bonds. The summed E-state index contributed by atoms with van der Waals surface area (Å²) in [6.07, 6.45) is 0.00566. The minimum atomic E-state index is -3.95. The molecule has 9 nitrogen and oxygen atoms in total. The Morgan fingerprint density at radius 1 is 0.950 bits per heavy atom. The van der Waals surface area contributed by atoms with E-state index >= 15 is 0 Å². The van der Waals surface area contributed by atoms with Gasteiger partial charge in [-0.1, -0.05) is 47.7 Å². The molecule has 1 aromatic heterocycles. The lowest BCUT2D eigenvalue weighted by atomic mass is 10.1. The van der Waals surface area contributed by atoms with Crippen LogP contribution in [0.4, 0.5) is 5.13 Å². The molecule has 0 bridgehead atoms. The fraction of sp³-hybridized carbons (Fsp3) is 0.241. The molecular weight excluding hydrogens is 546 g/mol. The first-order valence-electron chi connectivity index (χ1n) is 12.6. The number of hydrogen-bond acceptors (Lipinski definition) is 8. The predicted octanol–water partition coefficient (Wildman–Crippen LogP) is 5.36. The minimum Gasteiger partial charge on any atom is -0.492 e. The largest absolute Gasteiger partial charge is 0.492 e. The van der Waals surface area contributed by atoms with Crippen LogP contribution in [-0.2, 0) is 16.6 Å². The molecule has 0 spiro atoms. The molecule has 0 unspecified atom stereocenters. The van der Waals surface area contributed by atoms with E-state index in [0.717, 1.165) is 14.6 Å². The number of carbonyl (C=O) groups excluding carboxylic acids is 1. The van der Waals surface area contributed by atoms with Crippen LogP contribution >= 0.6 is 11.3 Å². The van der Waals surface area contributed by atoms with Crippen molar-refractivity contribution >= 4 is 42.6 Å². The molecule has 1 heterocycles. The van der Waals surface area contributed by atoms with Crippen LogP contribution in [0.5, 0.6) is 5.75 Å². The second kappa shape index (κ2) is 13.2. The zero-order chi connectivity index (χ0) is 28.5. The fourth-order valence-electron chi connectivity index (χ4n) is 4.07. The zero-order valence-electron chi connectivity index (χ0n) is 21.9. The van der Waals surface area contributed by atoms with Gasteiger partial charge < -0.3 is 4.74 Å². The third kappa shape index (κ3) is 6.46. The maximum atomic E-state index is 13.8. The van der Waals surface area contributed by atoms with Crippen molar-refractivity contribution in [1.29, 1.82) is 10.5 Å². The number of ether oxygens (including phenoxy) is 1. The van der Waals surface area contributed by atoms with Crippen molar-refractivity contribution in [2.75, 3.05) is 24.6 Å². The van der Waals surface area contributed by atoms with Crippen molar-refractivity contribution in [2.45, 2.75) is 31.2 Å². The van der Waals surface area contributed by atoms with Crippen molar-refractivity contribution in [3.05, 3.63) is 83.9 Å². The summed E-state index contributed by atoms with van der Waals surface area (Å²) < 4.78 is 34.1. The van der Waals surface area contributed by atoms with Gasteiger partial charge in [-0.05, 0) is 48.9 Å². The second-order valence-corrected chi connectivity index (χ2v) is 11.6. The van der Waals surface area contributed by atoms with Crippen LogP contribution in [0.2, 0.25) is 0 Å². The Morgan fingerprint density at radius 3 is 2.25 bits per heavy atom. The number of thiazole rings is 1. The summed E-state index contributed by atoms with van der Waals surface area (Å²) in [4.78, 5) is 20.2. The van der Waals surface area contributed by atoms with Gasteiger partial charge >= 0.3 is 0 Å². The first-order valence-corrected chi connectivity index (χ1v) is 14.9. The lowest BCUT2D eigenvalue weighted by molar-refractivity contribution is 0.0985. The van der Waals surface area contributed by atoms with Gasteiger partial charge in [-0.3, -0.25) is 9.69 Å². The van der Waals surface area contributed by atoms with Gasteiger partial charge in [-0.2, -0.15) is 14.8 Å². The van der Waals surface area contributed by atoms with Crippen LogP contribution in [0.15, 0.2) is 77.7 Å². The molecule has 204 valence electrons. The third-order valence-electron chi connectivity index (χ3n) is 6.02. The van der Waals surface area contributed by atoms with Gasteiger partial charge in [0.05, 0.1) is 34.9 Å². The van der Waals surface area contributed by atoms with Crippen LogP contribution in [0.1, 0.15) is 35.7 Å². The molecular formula is C29H27N5O4S2. The number of para-hydroxylation sites is 1. The number of sulfonamides is 1. The van der Waals surface area contributed by atoms with Crippen LogP contribution in [0.3, 0.4) is 0 Å². The number of nitrogens with zero attached hydrogens (tertiary/aromatic N) is 5. The average Bonchev–Trinajstić information content (AvgIpc) is 3.41. The van der Waals surface area contributed by atoms with E-state index < -0.39 is 10.0 Å². The summed E-state index contributed by atoms with van der Waals surface area (Å²) >= 11 is 1.37. The molecule has 0 aliphatic carbocycles. The van der Waals surface area contributed by atoms with Crippen molar-refractivity contribution in [3.8, 4) is 17.9 Å². The number of rotatable bonds is 12. The van der Waals surface area contributed by atoms with E-state index in [1.165, 1.54) is 35.6 Å². The summed E-state index contributed by atoms with van der Waals surface area (Å²) in [5.41, 5.74) is 1.87. The van der Waals surface area contributed by atoms with Gasteiger partial charge in [0.1, 0.15) is 11.3 Å². The first-order chi connectivity index (χ1) is 19.4. The Labute approximate surface area is 237 Å². The molecule has 0 fully saturated rings. The summed E-state index contributed by atoms with van der Waals surface area (Å²) in [5.74, 6) is 0.303. The highest BCUT2D eigenvalue weighted by Gasteiger charge is 2.26. The lowest BCUT2D eigenvalue weighted by Gasteiger charge is -2.21. The summed E-state index contributed by atoms with van der Waals surface area (Å²) in [7, 11) is -3.95. The third-order valence-corrected chi connectivity index (χ3v) is 8.97. The van der Waals surface area contributed by atoms with E-state index in [4.69, 9.17) is 20.2 Å².